The normalized spacial score (nSPS) is 24.7. The summed E-state index contributed by atoms with van der Waals surface area (Å²) in [4.78, 5) is 12.3. The third-order valence-electron chi connectivity index (χ3n) is 3.87. The summed E-state index contributed by atoms with van der Waals surface area (Å²) in [6.07, 6.45) is 1.91. The van der Waals surface area contributed by atoms with E-state index in [0.717, 1.165) is 25.9 Å². The van der Waals surface area contributed by atoms with Crippen LogP contribution in [0.1, 0.15) is 38.3 Å². The molecule has 0 aromatic heterocycles. The van der Waals surface area contributed by atoms with Crippen molar-refractivity contribution >= 4 is 5.91 Å². The molecular formula is C16H24N2O. The molecule has 104 valence electrons. The van der Waals surface area contributed by atoms with Crippen LogP contribution in [0.2, 0.25) is 0 Å². The molecule has 0 spiro atoms. The maximum Gasteiger partial charge on any atom is 0.224 e. The molecule has 3 atom stereocenters. The third-order valence-corrected chi connectivity index (χ3v) is 3.87. The number of rotatable bonds is 4. The molecule has 3 unspecified atom stereocenters. The first-order valence-electron chi connectivity index (χ1n) is 7.26. The highest BCUT2D eigenvalue weighted by Crippen LogP contribution is 2.20. The Morgan fingerprint density at radius 2 is 2.11 bits per heavy atom. The zero-order valence-electron chi connectivity index (χ0n) is 11.9. The van der Waals surface area contributed by atoms with Crippen LogP contribution in [0, 0.1) is 11.8 Å². The summed E-state index contributed by atoms with van der Waals surface area (Å²) in [7, 11) is 0. The van der Waals surface area contributed by atoms with Gasteiger partial charge in [-0.05, 0) is 30.9 Å². The van der Waals surface area contributed by atoms with Gasteiger partial charge >= 0.3 is 0 Å². The van der Waals surface area contributed by atoms with Crippen molar-refractivity contribution in [2.45, 2.75) is 32.7 Å². The SMILES string of the molecule is CCC(NC(=O)C1CNCC(C)C1)c1ccccc1. The lowest BCUT2D eigenvalue weighted by Gasteiger charge is -2.28. The number of nitrogens with one attached hydrogen (secondary N) is 2. The molecule has 1 amide bonds. The van der Waals surface area contributed by atoms with E-state index in [9.17, 15) is 4.79 Å². The Kier molecular flexibility index (Phi) is 4.97. The summed E-state index contributed by atoms with van der Waals surface area (Å²) in [5.41, 5.74) is 1.19. The first-order valence-corrected chi connectivity index (χ1v) is 7.26. The van der Waals surface area contributed by atoms with Gasteiger partial charge in [-0.25, -0.2) is 0 Å². The third kappa shape index (κ3) is 3.80. The smallest absolute Gasteiger partial charge is 0.224 e. The van der Waals surface area contributed by atoms with E-state index in [2.05, 4.69) is 36.6 Å². The Morgan fingerprint density at radius 1 is 1.37 bits per heavy atom. The highest BCUT2D eigenvalue weighted by molar-refractivity contribution is 5.79. The summed E-state index contributed by atoms with van der Waals surface area (Å²) in [6, 6.07) is 10.3. The van der Waals surface area contributed by atoms with Gasteiger partial charge in [-0.2, -0.15) is 0 Å². The Hall–Kier alpha value is -1.35. The largest absolute Gasteiger partial charge is 0.349 e. The molecule has 1 heterocycles. The second-order valence-electron chi connectivity index (χ2n) is 5.58. The molecule has 1 saturated heterocycles. The molecule has 0 radical (unpaired) electrons. The lowest BCUT2D eigenvalue weighted by atomic mass is 9.90. The average molecular weight is 260 g/mol. The highest BCUT2D eigenvalue weighted by atomic mass is 16.2. The summed E-state index contributed by atoms with van der Waals surface area (Å²) in [5, 5.41) is 6.53. The second-order valence-corrected chi connectivity index (χ2v) is 5.58. The van der Waals surface area contributed by atoms with Crippen LogP contribution in [-0.4, -0.2) is 19.0 Å². The van der Waals surface area contributed by atoms with Crippen LogP contribution in [0.4, 0.5) is 0 Å². The molecule has 2 rings (SSSR count). The number of amides is 1. The van der Waals surface area contributed by atoms with Crippen molar-refractivity contribution in [3.63, 3.8) is 0 Å². The van der Waals surface area contributed by atoms with Gasteiger partial charge < -0.3 is 10.6 Å². The van der Waals surface area contributed by atoms with Crippen molar-refractivity contribution in [3.05, 3.63) is 35.9 Å². The first kappa shape index (κ1) is 14.1. The zero-order chi connectivity index (χ0) is 13.7. The van der Waals surface area contributed by atoms with E-state index in [-0.39, 0.29) is 17.9 Å². The van der Waals surface area contributed by atoms with Gasteiger partial charge in [0.2, 0.25) is 5.91 Å². The van der Waals surface area contributed by atoms with E-state index < -0.39 is 0 Å². The number of carbonyl (C=O) groups is 1. The predicted molar refractivity (Wildman–Crippen MR) is 77.8 cm³/mol. The zero-order valence-corrected chi connectivity index (χ0v) is 11.9. The maximum absolute atomic E-state index is 12.3. The van der Waals surface area contributed by atoms with Gasteiger partial charge in [0.25, 0.3) is 0 Å². The molecule has 0 saturated carbocycles. The molecule has 1 fully saturated rings. The van der Waals surface area contributed by atoms with Crippen LogP contribution in [0.5, 0.6) is 0 Å². The van der Waals surface area contributed by atoms with Crippen molar-refractivity contribution in [2.75, 3.05) is 13.1 Å². The Labute approximate surface area is 115 Å². The average Bonchev–Trinajstić information content (AvgIpc) is 2.45. The molecule has 3 heteroatoms. The summed E-state index contributed by atoms with van der Waals surface area (Å²) < 4.78 is 0. The van der Waals surface area contributed by atoms with Crippen molar-refractivity contribution in [2.24, 2.45) is 11.8 Å². The molecule has 2 N–H and O–H groups in total. The van der Waals surface area contributed by atoms with Crippen LogP contribution in [0.15, 0.2) is 30.3 Å². The molecule has 19 heavy (non-hydrogen) atoms. The molecule has 1 aromatic carbocycles. The Bertz CT molecular complexity index is 404. The van der Waals surface area contributed by atoms with Crippen molar-refractivity contribution in [1.82, 2.24) is 10.6 Å². The molecule has 1 aromatic rings. The topological polar surface area (TPSA) is 41.1 Å². The van der Waals surface area contributed by atoms with Gasteiger partial charge in [0.15, 0.2) is 0 Å². The van der Waals surface area contributed by atoms with Crippen LogP contribution in [-0.2, 0) is 4.79 Å². The number of carbonyl (C=O) groups excluding carboxylic acids is 1. The van der Waals surface area contributed by atoms with Crippen molar-refractivity contribution < 1.29 is 4.79 Å². The van der Waals surface area contributed by atoms with E-state index in [4.69, 9.17) is 0 Å². The number of piperidine rings is 1. The van der Waals surface area contributed by atoms with Gasteiger partial charge in [0, 0.05) is 6.54 Å². The highest BCUT2D eigenvalue weighted by Gasteiger charge is 2.26. The van der Waals surface area contributed by atoms with E-state index in [1.165, 1.54) is 5.56 Å². The number of hydrogen-bond donors (Lipinski definition) is 2. The van der Waals surface area contributed by atoms with Gasteiger partial charge in [-0.15, -0.1) is 0 Å². The Balaban J connectivity index is 1.96. The summed E-state index contributed by atoms with van der Waals surface area (Å²) in [5.74, 6) is 0.887. The standard InChI is InChI=1S/C16H24N2O/c1-3-15(13-7-5-4-6-8-13)18-16(19)14-9-12(2)10-17-11-14/h4-8,12,14-15,17H,3,9-11H2,1-2H3,(H,18,19). The van der Waals surface area contributed by atoms with E-state index >= 15 is 0 Å². The lowest BCUT2D eigenvalue weighted by Crippen LogP contribution is -2.44. The van der Waals surface area contributed by atoms with Crippen LogP contribution in [0.25, 0.3) is 0 Å². The fraction of sp³-hybridized carbons (Fsp3) is 0.562. The van der Waals surface area contributed by atoms with Gasteiger partial charge in [-0.1, -0.05) is 44.2 Å². The monoisotopic (exact) mass is 260 g/mol. The maximum atomic E-state index is 12.3. The van der Waals surface area contributed by atoms with E-state index in [1.807, 2.05) is 18.2 Å². The van der Waals surface area contributed by atoms with E-state index in [1.54, 1.807) is 0 Å². The number of benzene rings is 1. The summed E-state index contributed by atoms with van der Waals surface area (Å²) in [6.45, 7) is 6.14. The van der Waals surface area contributed by atoms with Crippen LogP contribution < -0.4 is 10.6 Å². The molecule has 1 aliphatic rings. The minimum Gasteiger partial charge on any atom is -0.349 e. The van der Waals surface area contributed by atoms with Gasteiger partial charge in [0.1, 0.15) is 0 Å². The first-order chi connectivity index (χ1) is 9.20. The molecule has 0 aliphatic carbocycles. The Morgan fingerprint density at radius 3 is 2.74 bits per heavy atom. The number of hydrogen-bond acceptors (Lipinski definition) is 2. The molecule has 3 nitrogen and oxygen atoms in total. The van der Waals surface area contributed by atoms with Gasteiger partial charge in [0.05, 0.1) is 12.0 Å². The van der Waals surface area contributed by atoms with E-state index in [0.29, 0.717) is 5.92 Å². The van der Waals surface area contributed by atoms with Crippen LogP contribution in [0.3, 0.4) is 0 Å². The molecule has 1 aliphatic heterocycles. The van der Waals surface area contributed by atoms with Crippen LogP contribution >= 0.6 is 0 Å². The minimum absolute atomic E-state index is 0.113. The predicted octanol–water partition coefficient (Wildman–Crippen LogP) is 2.50. The molecule has 0 bridgehead atoms. The fourth-order valence-corrected chi connectivity index (χ4v) is 2.75. The van der Waals surface area contributed by atoms with Crippen molar-refractivity contribution in [1.29, 1.82) is 0 Å². The second kappa shape index (κ2) is 6.71. The van der Waals surface area contributed by atoms with Crippen molar-refractivity contribution in [3.8, 4) is 0 Å². The quantitative estimate of drug-likeness (QED) is 0.873. The fourth-order valence-electron chi connectivity index (χ4n) is 2.75. The lowest BCUT2D eigenvalue weighted by molar-refractivity contribution is -0.126. The molecular weight excluding hydrogens is 236 g/mol. The summed E-state index contributed by atoms with van der Waals surface area (Å²) >= 11 is 0. The minimum atomic E-state index is 0.113. The van der Waals surface area contributed by atoms with Gasteiger partial charge in [-0.3, -0.25) is 4.79 Å².